The molecule has 0 radical (unpaired) electrons. The average molecular weight is 309 g/mol. The molecule has 0 spiro atoms. The van der Waals surface area contributed by atoms with Crippen molar-refractivity contribution >= 4 is 21.7 Å². The maximum absolute atomic E-state index is 12.3. The predicted octanol–water partition coefficient (Wildman–Crippen LogP) is 2.48. The number of hydrogen-bond acceptors (Lipinski definition) is 5. The molecule has 21 heavy (non-hydrogen) atoms. The Morgan fingerprint density at radius 2 is 1.76 bits per heavy atom. The first kappa shape index (κ1) is 15.1. The molecule has 0 aliphatic carbocycles. The summed E-state index contributed by atoms with van der Waals surface area (Å²) in [5, 5.41) is -0.342. The summed E-state index contributed by atoms with van der Waals surface area (Å²) in [7, 11) is -2.72. The molecule has 0 atom stereocenters. The summed E-state index contributed by atoms with van der Waals surface area (Å²) < 4.78 is 36.5. The van der Waals surface area contributed by atoms with E-state index in [1.807, 2.05) is 6.07 Å². The number of carbonyl (C=O) groups excluding carboxylic acids is 1. The number of furan rings is 1. The van der Waals surface area contributed by atoms with E-state index in [2.05, 4.69) is 9.46 Å². The zero-order valence-electron chi connectivity index (χ0n) is 11.8. The molecule has 1 heterocycles. The lowest BCUT2D eigenvalue weighted by atomic mass is 10.1. The van der Waals surface area contributed by atoms with Crippen LogP contribution in [0.4, 0.5) is 5.69 Å². The Morgan fingerprint density at radius 1 is 1.14 bits per heavy atom. The van der Waals surface area contributed by atoms with Gasteiger partial charge in [0, 0.05) is 0 Å². The van der Waals surface area contributed by atoms with Crippen LogP contribution in [-0.4, -0.2) is 21.5 Å². The van der Waals surface area contributed by atoms with Gasteiger partial charge in [0.2, 0.25) is 10.9 Å². The smallest absolute Gasteiger partial charge is 0.374 e. The summed E-state index contributed by atoms with van der Waals surface area (Å²) >= 11 is 0. The summed E-state index contributed by atoms with van der Waals surface area (Å²) in [6.45, 7) is 3.60. The number of para-hydroxylation sites is 1. The van der Waals surface area contributed by atoms with E-state index in [1.165, 1.54) is 19.2 Å². The highest BCUT2D eigenvalue weighted by molar-refractivity contribution is 7.92. The fourth-order valence-electron chi connectivity index (χ4n) is 1.83. The number of methoxy groups -OCH3 is 1. The molecule has 112 valence electrons. The molecule has 2 rings (SSSR count). The lowest BCUT2D eigenvalue weighted by Gasteiger charge is -2.11. The summed E-state index contributed by atoms with van der Waals surface area (Å²) in [6.07, 6.45) is 0. The molecule has 0 unspecified atom stereocenters. The number of nitrogens with one attached hydrogen (secondary N) is 1. The quantitative estimate of drug-likeness (QED) is 0.877. The van der Waals surface area contributed by atoms with Gasteiger partial charge in [0.25, 0.3) is 10.0 Å². The molecule has 0 aliphatic heterocycles. The number of benzene rings is 1. The minimum Gasteiger partial charge on any atom is -0.463 e. The van der Waals surface area contributed by atoms with E-state index in [-0.39, 0.29) is 10.9 Å². The number of esters is 1. The van der Waals surface area contributed by atoms with Gasteiger partial charge in [0.1, 0.15) is 0 Å². The highest BCUT2D eigenvalue weighted by atomic mass is 32.2. The molecule has 2 aromatic rings. The Balaban J connectivity index is 2.35. The Kier molecular flexibility index (Phi) is 4.04. The lowest BCUT2D eigenvalue weighted by molar-refractivity contribution is 0.0559. The van der Waals surface area contributed by atoms with E-state index in [4.69, 9.17) is 4.42 Å². The third-order valence-electron chi connectivity index (χ3n) is 2.95. The minimum atomic E-state index is -3.90. The van der Waals surface area contributed by atoms with E-state index in [9.17, 15) is 13.2 Å². The molecule has 1 N–H and O–H groups in total. The van der Waals surface area contributed by atoms with Crippen LogP contribution in [-0.2, 0) is 14.8 Å². The van der Waals surface area contributed by atoms with Crippen LogP contribution in [0, 0.1) is 13.8 Å². The van der Waals surface area contributed by atoms with Crippen molar-refractivity contribution < 1.29 is 22.4 Å². The fraction of sp³-hybridized carbons (Fsp3) is 0.214. The summed E-state index contributed by atoms with van der Waals surface area (Å²) in [5.41, 5.74) is 2.07. The fourth-order valence-corrected chi connectivity index (χ4v) is 2.97. The van der Waals surface area contributed by atoms with E-state index in [1.54, 1.807) is 26.0 Å². The van der Waals surface area contributed by atoms with Gasteiger partial charge in [-0.1, -0.05) is 18.2 Å². The second-order valence-corrected chi connectivity index (χ2v) is 6.10. The molecule has 1 aromatic heterocycles. The third kappa shape index (κ3) is 3.08. The van der Waals surface area contributed by atoms with Crippen LogP contribution in [0.15, 0.2) is 39.8 Å². The van der Waals surface area contributed by atoms with Crippen molar-refractivity contribution in [3.63, 3.8) is 0 Å². The van der Waals surface area contributed by atoms with Gasteiger partial charge < -0.3 is 9.15 Å². The number of ether oxygens (including phenoxy) is 1. The van der Waals surface area contributed by atoms with E-state index >= 15 is 0 Å². The van der Waals surface area contributed by atoms with E-state index in [0.29, 0.717) is 5.69 Å². The molecule has 0 fully saturated rings. The first-order chi connectivity index (χ1) is 9.85. The second kappa shape index (κ2) is 5.61. The van der Waals surface area contributed by atoms with Crippen molar-refractivity contribution in [3.05, 3.63) is 47.2 Å². The van der Waals surface area contributed by atoms with Crippen molar-refractivity contribution in [2.75, 3.05) is 11.8 Å². The molecule has 0 saturated heterocycles. The largest absolute Gasteiger partial charge is 0.463 e. The van der Waals surface area contributed by atoms with Gasteiger partial charge in [-0.05, 0) is 37.1 Å². The topological polar surface area (TPSA) is 85.6 Å². The first-order valence-electron chi connectivity index (χ1n) is 6.12. The number of anilines is 1. The zero-order valence-corrected chi connectivity index (χ0v) is 12.7. The van der Waals surface area contributed by atoms with Gasteiger partial charge in [-0.2, -0.15) is 8.42 Å². The molecule has 6 nitrogen and oxygen atoms in total. The SMILES string of the molecule is COC(=O)c1ccc(S(=O)(=O)Nc2c(C)cccc2C)o1. The Hall–Kier alpha value is -2.28. The number of carbonyl (C=O) groups is 1. The molecular weight excluding hydrogens is 294 g/mol. The molecule has 0 aliphatic rings. The van der Waals surface area contributed by atoms with Gasteiger partial charge in [-0.3, -0.25) is 4.72 Å². The average Bonchev–Trinajstić information content (AvgIpc) is 2.93. The second-order valence-electron chi connectivity index (χ2n) is 4.48. The summed E-state index contributed by atoms with van der Waals surface area (Å²) in [5.74, 6) is -0.900. The van der Waals surface area contributed by atoms with Crippen LogP contribution in [0.25, 0.3) is 0 Å². The maximum atomic E-state index is 12.3. The Bertz CT molecular complexity index is 756. The van der Waals surface area contributed by atoms with Crippen molar-refractivity contribution in [1.82, 2.24) is 0 Å². The van der Waals surface area contributed by atoms with E-state index < -0.39 is 16.0 Å². The number of aryl methyl sites for hydroxylation is 2. The molecule has 7 heteroatoms. The van der Waals surface area contributed by atoms with Crippen molar-refractivity contribution in [2.24, 2.45) is 0 Å². The van der Waals surface area contributed by atoms with Crippen LogP contribution in [0.3, 0.4) is 0 Å². The summed E-state index contributed by atoms with van der Waals surface area (Å²) in [4.78, 5) is 11.3. The normalized spacial score (nSPS) is 11.2. The first-order valence-corrected chi connectivity index (χ1v) is 7.60. The van der Waals surface area contributed by atoms with Gasteiger partial charge in [0.05, 0.1) is 12.8 Å². The van der Waals surface area contributed by atoms with Gasteiger partial charge >= 0.3 is 5.97 Å². The summed E-state index contributed by atoms with van der Waals surface area (Å²) in [6, 6.07) is 7.90. The molecule has 0 saturated carbocycles. The predicted molar refractivity (Wildman–Crippen MR) is 76.8 cm³/mol. The van der Waals surface area contributed by atoms with Crippen molar-refractivity contribution in [2.45, 2.75) is 18.9 Å². The molecule has 1 aromatic carbocycles. The van der Waals surface area contributed by atoms with Gasteiger partial charge in [0.15, 0.2) is 0 Å². The Labute approximate surface area is 122 Å². The third-order valence-corrected chi connectivity index (χ3v) is 4.17. The van der Waals surface area contributed by atoms with Crippen molar-refractivity contribution in [3.8, 4) is 0 Å². The Morgan fingerprint density at radius 3 is 2.33 bits per heavy atom. The van der Waals surface area contributed by atoms with Crippen LogP contribution >= 0.6 is 0 Å². The molecule has 0 bridgehead atoms. The van der Waals surface area contributed by atoms with E-state index in [0.717, 1.165) is 11.1 Å². The number of hydrogen-bond donors (Lipinski definition) is 1. The minimum absolute atomic E-state index is 0.167. The molecule has 0 amide bonds. The highest BCUT2D eigenvalue weighted by Gasteiger charge is 2.22. The van der Waals surface area contributed by atoms with Crippen LogP contribution in [0.2, 0.25) is 0 Å². The van der Waals surface area contributed by atoms with Crippen LogP contribution < -0.4 is 4.72 Å². The number of rotatable bonds is 4. The monoisotopic (exact) mass is 309 g/mol. The highest BCUT2D eigenvalue weighted by Crippen LogP contribution is 2.24. The van der Waals surface area contributed by atoms with Gasteiger partial charge in [-0.25, -0.2) is 4.79 Å². The van der Waals surface area contributed by atoms with Crippen LogP contribution in [0.5, 0.6) is 0 Å². The zero-order chi connectivity index (χ0) is 15.6. The van der Waals surface area contributed by atoms with Crippen LogP contribution in [0.1, 0.15) is 21.7 Å². The van der Waals surface area contributed by atoms with Crippen molar-refractivity contribution in [1.29, 1.82) is 0 Å². The van der Waals surface area contributed by atoms with Gasteiger partial charge in [-0.15, -0.1) is 0 Å². The lowest BCUT2D eigenvalue weighted by Crippen LogP contribution is -2.14. The molecular formula is C14H15NO5S. The number of sulfonamides is 1. The maximum Gasteiger partial charge on any atom is 0.374 e. The standard InChI is InChI=1S/C14H15NO5S/c1-9-5-4-6-10(2)13(9)15-21(17,18)12-8-7-11(20-12)14(16)19-3/h4-8,15H,1-3H3.